The summed E-state index contributed by atoms with van der Waals surface area (Å²) in [6.07, 6.45) is -6.39. The zero-order valence-electron chi connectivity index (χ0n) is 17.9. The van der Waals surface area contributed by atoms with E-state index in [0.717, 1.165) is 9.36 Å². The Morgan fingerprint density at radius 2 is 1.83 bits per heavy atom. The van der Waals surface area contributed by atoms with E-state index in [4.69, 9.17) is 28.9 Å². The van der Waals surface area contributed by atoms with Crippen LogP contribution in [0.5, 0.6) is 0 Å². The van der Waals surface area contributed by atoms with Crippen LogP contribution in [0.3, 0.4) is 0 Å². The lowest BCUT2D eigenvalue weighted by Crippen LogP contribution is -2.37. The largest absolute Gasteiger partial charge is 0.416 e. The van der Waals surface area contributed by atoms with Gasteiger partial charge in [0.05, 0.1) is 6.54 Å². The number of nitrogens with zero attached hydrogens (tertiary/aromatic N) is 7. The number of rotatable bonds is 7. The lowest BCUT2D eigenvalue weighted by atomic mass is 10.2. The first kappa shape index (κ1) is 25.3. The highest BCUT2D eigenvalue weighted by atomic mass is 35.5. The summed E-state index contributed by atoms with van der Waals surface area (Å²) >= 11 is 11.9. The molecule has 36 heavy (non-hydrogen) atoms. The fourth-order valence-electron chi connectivity index (χ4n) is 3.22. The van der Waals surface area contributed by atoms with Gasteiger partial charge >= 0.3 is 11.9 Å². The molecule has 0 fully saturated rings. The van der Waals surface area contributed by atoms with Gasteiger partial charge in [0, 0.05) is 16.8 Å². The third kappa shape index (κ3) is 5.10. The van der Waals surface area contributed by atoms with Crippen molar-refractivity contribution in [3.63, 3.8) is 0 Å². The van der Waals surface area contributed by atoms with E-state index in [1.807, 2.05) is 0 Å². The molecule has 0 saturated heterocycles. The molecule has 1 unspecified atom stereocenters. The Hall–Kier alpha value is -3.75. The number of primary amides is 1. The lowest BCUT2D eigenvalue weighted by molar-refractivity contribution is -0.207. The molecule has 0 bridgehead atoms. The number of benzene rings is 1. The summed E-state index contributed by atoms with van der Waals surface area (Å²) in [7, 11) is 0. The number of nitrogens with two attached hydrogens (primary N) is 1. The van der Waals surface area contributed by atoms with Gasteiger partial charge in [-0.05, 0) is 36.4 Å². The van der Waals surface area contributed by atoms with Crippen molar-refractivity contribution < 1.29 is 23.1 Å². The van der Waals surface area contributed by atoms with Crippen molar-refractivity contribution in [1.82, 2.24) is 34.1 Å². The van der Waals surface area contributed by atoms with E-state index in [1.54, 1.807) is 0 Å². The van der Waals surface area contributed by atoms with Crippen LogP contribution < -0.4 is 11.4 Å². The maximum Gasteiger partial charge on any atom is 0.416 e. The summed E-state index contributed by atoms with van der Waals surface area (Å²) in [6.45, 7) is -1.56. The minimum Gasteiger partial charge on any atom is -0.382 e. The number of pyridine rings is 1. The molecule has 0 aliphatic heterocycles. The number of amides is 1. The van der Waals surface area contributed by atoms with Crippen LogP contribution in [0.15, 0.2) is 47.4 Å². The molecule has 3 N–H and O–H groups in total. The van der Waals surface area contributed by atoms with E-state index in [0.29, 0.717) is 9.59 Å². The van der Waals surface area contributed by atoms with E-state index >= 15 is 0 Å². The molecule has 0 aliphatic rings. The number of carbonyl (C=O) groups excluding carboxylic acids is 1. The van der Waals surface area contributed by atoms with Crippen molar-refractivity contribution in [1.29, 1.82) is 0 Å². The zero-order valence-corrected chi connectivity index (χ0v) is 19.4. The van der Waals surface area contributed by atoms with Crippen LogP contribution in [0.2, 0.25) is 10.2 Å². The standard InChI is InChI=1S/C20H15Cl2F3N8O3/c21-11-5-3-10(4-6-11)17-30-32(19(36)31(17)8-13(34)20(23,24)25)9-14-28-18(16(26)35)33(29-14)12-2-1-7-27-15(12)22/h1-7,13,34H,8-9H2,(H2,26,35). The predicted octanol–water partition coefficient (Wildman–Crippen LogP) is 2.06. The molecule has 3 aromatic heterocycles. The highest BCUT2D eigenvalue weighted by Crippen LogP contribution is 2.24. The van der Waals surface area contributed by atoms with Gasteiger partial charge < -0.3 is 10.8 Å². The van der Waals surface area contributed by atoms with E-state index in [9.17, 15) is 27.9 Å². The van der Waals surface area contributed by atoms with Gasteiger partial charge in [-0.1, -0.05) is 23.2 Å². The van der Waals surface area contributed by atoms with Gasteiger partial charge in [0.25, 0.3) is 5.91 Å². The van der Waals surface area contributed by atoms with Gasteiger partial charge in [0.2, 0.25) is 5.82 Å². The monoisotopic (exact) mass is 542 g/mol. The van der Waals surface area contributed by atoms with Gasteiger partial charge in [-0.25, -0.2) is 24.1 Å². The molecule has 3 heterocycles. The van der Waals surface area contributed by atoms with Crippen molar-refractivity contribution >= 4 is 29.1 Å². The number of aliphatic hydroxyl groups is 1. The molecule has 11 nitrogen and oxygen atoms in total. The summed E-state index contributed by atoms with van der Waals surface area (Å²) in [4.78, 5) is 32.9. The number of hydrogen-bond acceptors (Lipinski definition) is 7. The Labute approximate surface area is 209 Å². The van der Waals surface area contributed by atoms with Crippen molar-refractivity contribution in [3.8, 4) is 17.1 Å². The smallest absolute Gasteiger partial charge is 0.382 e. The molecule has 1 aromatic carbocycles. The van der Waals surface area contributed by atoms with Crippen LogP contribution in [-0.4, -0.2) is 57.4 Å². The van der Waals surface area contributed by atoms with Crippen LogP contribution >= 0.6 is 23.2 Å². The zero-order chi connectivity index (χ0) is 26.2. The molecule has 4 rings (SSSR count). The van der Waals surface area contributed by atoms with E-state index in [1.165, 1.54) is 42.6 Å². The molecule has 0 radical (unpaired) electrons. The molecule has 1 amide bonds. The topological polar surface area (TPSA) is 147 Å². The van der Waals surface area contributed by atoms with Crippen LogP contribution in [-0.2, 0) is 13.1 Å². The third-order valence-corrected chi connectivity index (χ3v) is 5.43. The second kappa shape index (κ2) is 9.72. The van der Waals surface area contributed by atoms with E-state index in [2.05, 4.69) is 20.2 Å². The molecular weight excluding hydrogens is 528 g/mol. The molecule has 1 atom stereocenters. The van der Waals surface area contributed by atoms with Gasteiger partial charge in [0.15, 0.2) is 22.9 Å². The second-order valence-electron chi connectivity index (χ2n) is 7.38. The first-order valence-corrected chi connectivity index (χ1v) is 10.8. The summed E-state index contributed by atoms with van der Waals surface area (Å²) in [6, 6.07) is 8.86. The SMILES string of the molecule is NC(=O)c1nc(Cn2nc(-c3ccc(Cl)cc3)n(CC(O)C(F)(F)F)c2=O)nn1-c1cccnc1Cl. The number of carbonyl (C=O) groups is 1. The van der Waals surface area contributed by atoms with Crippen molar-refractivity contribution in [2.24, 2.45) is 5.73 Å². The Balaban J connectivity index is 1.78. The Kier molecular flexibility index (Phi) is 6.84. The number of halogens is 5. The molecule has 0 aliphatic carbocycles. The first-order chi connectivity index (χ1) is 17.0. The summed E-state index contributed by atoms with van der Waals surface area (Å²) in [5, 5.41) is 18.2. The average Bonchev–Trinajstić information content (AvgIpc) is 3.36. The van der Waals surface area contributed by atoms with Crippen LogP contribution in [0.25, 0.3) is 17.1 Å². The Morgan fingerprint density at radius 1 is 1.14 bits per heavy atom. The van der Waals surface area contributed by atoms with Crippen molar-refractivity contribution in [2.75, 3.05) is 0 Å². The Bertz CT molecular complexity index is 1480. The fraction of sp³-hybridized carbons (Fsp3) is 0.200. The highest BCUT2D eigenvalue weighted by molar-refractivity contribution is 6.31. The quantitative estimate of drug-likeness (QED) is 0.339. The summed E-state index contributed by atoms with van der Waals surface area (Å²) in [5.74, 6) is -1.56. The van der Waals surface area contributed by atoms with Crippen LogP contribution in [0, 0.1) is 0 Å². The maximum absolute atomic E-state index is 13.0. The second-order valence-corrected chi connectivity index (χ2v) is 8.17. The van der Waals surface area contributed by atoms with Crippen molar-refractivity contribution in [2.45, 2.75) is 25.4 Å². The van der Waals surface area contributed by atoms with Gasteiger partial charge in [-0.15, -0.1) is 10.2 Å². The third-order valence-electron chi connectivity index (χ3n) is 4.89. The lowest BCUT2D eigenvalue weighted by Gasteiger charge is -2.15. The molecule has 0 spiro atoms. The minimum absolute atomic E-state index is 0.0101. The minimum atomic E-state index is -4.97. The molecule has 188 valence electrons. The number of aliphatic hydroxyl groups excluding tert-OH is 1. The number of hydrogen-bond donors (Lipinski definition) is 2. The maximum atomic E-state index is 13.0. The van der Waals surface area contributed by atoms with E-state index < -0.39 is 37.0 Å². The summed E-state index contributed by atoms with van der Waals surface area (Å²) < 4.78 is 41.6. The molecule has 16 heteroatoms. The predicted molar refractivity (Wildman–Crippen MR) is 121 cm³/mol. The normalized spacial score (nSPS) is 12.6. The summed E-state index contributed by atoms with van der Waals surface area (Å²) in [5.41, 5.74) is 4.85. The van der Waals surface area contributed by atoms with Crippen LogP contribution in [0.1, 0.15) is 16.4 Å². The van der Waals surface area contributed by atoms with Gasteiger partial charge in [-0.2, -0.15) is 13.2 Å². The van der Waals surface area contributed by atoms with E-state index in [-0.39, 0.29) is 33.9 Å². The van der Waals surface area contributed by atoms with Crippen molar-refractivity contribution in [3.05, 3.63) is 74.9 Å². The van der Waals surface area contributed by atoms with Gasteiger partial charge in [0.1, 0.15) is 12.2 Å². The molecule has 0 saturated carbocycles. The average molecular weight is 543 g/mol. The first-order valence-electron chi connectivity index (χ1n) is 10.0. The molecular formula is C20H15Cl2F3N8O3. The molecule has 4 aromatic rings. The van der Waals surface area contributed by atoms with Gasteiger partial charge in [-0.3, -0.25) is 9.36 Å². The fourth-order valence-corrected chi connectivity index (χ4v) is 3.54. The van der Waals surface area contributed by atoms with Crippen LogP contribution in [0.4, 0.5) is 13.2 Å². The number of alkyl halides is 3. The highest BCUT2D eigenvalue weighted by Gasteiger charge is 2.39. The number of aromatic nitrogens is 7. The Morgan fingerprint density at radius 3 is 2.44 bits per heavy atom.